The second-order valence-corrected chi connectivity index (χ2v) is 6.75. The van der Waals surface area contributed by atoms with Gasteiger partial charge in [0.05, 0.1) is 0 Å². The topological polar surface area (TPSA) is 17.1 Å². The van der Waals surface area contributed by atoms with Gasteiger partial charge in [0.25, 0.3) is 0 Å². The molecule has 0 aromatic rings. The quantitative estimate of drug-likeness (QED) is 0.668. The summed E-state index contributed by atoms with van der Waals surface area (Å²) >= 11 is 0. The molecule has 0 saturated heterocycles. The Bertz CT molecular complexity index is 190. The van der Waals surface area contributed by atoms with Crippen molar-refractivity contribution in [3.05, 3.63) is 0 Å². The second kappa shape index (κ2) is 4.46. The van der Waals surface area contributed by atoms with Gasteiger partial charge in [0.15, 0.2) is 0 Å². The number of Topliss-reactive ketones (excluding diaryl/α,β-unsaturated/α-hetero) is 1. The number of hydrogen-bond acceptors (Lipinski definition) is 1. The number of carbonyl (C=O) groups is 1. The van der Waals surface area contributed by atoms with Gasteiger partial charge in [0.1, 0.15) is 5.78 Å². The van der Waals surface area contributed by atoms with Gasteiger partial charge in [-0.2, -0.15) is 0 Å². The molecule has 0 aliphatic carbocycles. The summed E-state index contributed by atoms with van der Waals surface area (Å²) in [4.78, 5) is 11.7. The van der Waals surface area contributed by atoms with Crippen molar-refractivity contribution in [3.63, 3.8) is 0 Å². The average molecular weight is 198 g/mol. The maximum Gasteiger partial charge on any atom is 0.133 e. The Morgan fingerprint density at radius 2 is 1.50 bits per heavy atom. The van der Waals surface area contributed by atoms with Gasteiger partial charge in [-0.05, 0) is 16.7 Å². The van der Waals surface area contributed by atoms with E-state index in [1.807, 2.05) is 0 Å². The van der Waals surface area contributed by atoms with Gasteiger partial charge in [0, 0.05) is 12.8 Å². The van der Waals surface area contributed by atoms with Crippen molar-refractivity contribution in [2.75, 3.05) is 0 Å². The predicted molar refractivity (Wildman–Crippen MR) is 62.3 cm³/mol. The van der Waals surface area contributed by atoms with Crippen LogP contribution in [0, 0.1) is 16.7 Å². The summed E-state index contributed by atoms with van der Waals surface area (Å²) in [5.41, 5.74) is 0.377. The summed E-state index contributed by atoms with van der Waals surface area (Å²) in [6.45, 7) is 15.1. The minimum Gasteiger partial charge on any atom is -0.300 e. The Labute approximate surface area is 89.3 Å². The third-order valence-corrected chi connectivity index (χ3v) is 2.74. The largest absolute Gasteiger partial charge is 0.300 e. The molecule has 0 heterocycles. The Hall–Kier alpha value is -0.330. The Morgan fingerprint density at radius 3 is 1.79 bits per heavy atom. The number of ketones is 1. The molecule has 0 saturated carbocycles. The van der Waals surface area contributed by atoms with Crippen molar-refractivity contribution < 1.29 is 4.79 Å². The smallest absolute Gasteiger partial charge is 0.133 e. The molecule has 1 nitrogen and oxygen atoms in total. The third kappa shape index (κ3) is 6.17. The molecule has 0 radical (unpaired) electrons. The number of carbonyl (C=O) groups excluding carboxylic acids is 1. The lowest BCUT2D eigenvalue weighted by molar-refractivity contribution is -0.122. The maximum atomic E-state index is 11.7. The van der Waals surface area contributed by atoms with Crippen LogP contribution in [0.15, 0.2) is 0 Å². The molecule has 0 N–H and O–H groups in total. The van der Waals surface area contributed by atoms with Gasteiger partial charge < -0.3 is 0 Å². The molecule has 14 heavy (non-hydrogen) atoms. The highest BCUT2D eigenvalue weighted by Gasteiger charge is 2.24. The number of hydrogen-bond donors (Lipinski definition) is 0. The second-order valence-electron chi connectivity index (χ2n) is 6.75. The Kier molecular flexibility index (Phi) is 4.35. The molecule has 0 rings (SSSR count). The van der Waals surface area contributed by atoms with Gasteiger partial charge in [-0.1, -0.05) is 48.5 Å². The highest BCUT2D eigenvalue weighted by molar-refractivity contribution is 5.79. The van der Waals surface area contributed by atoms with Crippen molar-refractivity contribution in [3.8, 4) is 0 Å². The monoisotopic (exact) mass is 198 g/mol. The van der Waals surface area contributed by atoms with Crippen LogP contribution in [0.5, 0.6) is 0 Å². The highest BCUT2D eigenvalue weighted by Crippen LogP contribution is 2.30. The van der Waals surface area contributed by atoms with Crippen molar-refractivity contribution in [2.45, 2.75) is 61.3 Å². The molecule has 0 bridgehead atoms. The van der Waals surface area contributed by atoms with Crippen molar-refractivity contribution >= 4 is 5.78 Å². The minimum atomic E-state index is 0.134. The summed E-state index contributed by atoms with van der Waals surface area (Å²) in [5.74, 6) is 0.872. The van der Waals surface area contributed by atoms with E-state index in [4.69, 9.17) is 0 Å². The molecule has 0 fully saturated rings. The summed E-state index contributed by atoms with van der Waals surface area (Å²) in [6, 6.07) is 0. The van der Waals surface area contributed by atoms with Crippen molar-refractivity contribution in [2.24, 2.45) is 16.7 Å². The molecule has 1 heteroatoms. The zero-order valence-corrected chi connectivity index (χ0v) is 10.9. The van der Waals surface area contributed by atoms with Crippen LogP contribution >= 0.6 is 0 Å². The number of rotatable bonds is 3. The average Bonchev–Trinajstić information content (AvgIpc) is 1.79. The third-order valence-electron chi connectivity index (χ3n) is 2.74. The lowest BCUT2D eigenvalue weighted by Crippen LogP contribution is -2.22. The van der Waals surface area contributed by atoms with Crippen LogP contribution in [-0.4, -0.2) is 5.78 Å². The van der Waals surface area contributed by atoms with E-state index in [0.29, 0.717) is 18.1 Å². The lowest BCUT2D eigenvalue weighted by atomic mass is 9.77. The molecule has 0 aliphatic rings. The van der Waals surface area contributed by atoms with E-state index in [1.54, 1.807) is 0 Å². The summed E-state index contributed by atoms with van der Waals surface area (Å²) in [5, 5.41) is 0. The zero-order valence-electron chi connectivity index (χ0n) is 10.9. The molecule has 1 unspecified atom stereocenters. The van der Waals surface area contributed by atoms with E-state index < -0.39 is 0 Å². The van der Waals surface area contributed by atoms with E-state index in [2.05, 4.69) is 48.5 Å². The highest BCUT2D eigenvalue weighted by atomic mass is 16.1. The van der Waals surface area contributed by atoms with Crippen molar-refractivity contribution in [1.82, 2.24) is 0 Å². The first-order valence-electron chi connectivity index (χ1n) is 5.54. The van der Waals surface area contributed by atoms with Gasteiger partial charge in [-0.25, -0.2) is 0 Å². The van der Waals surface area contributed by atoms with Crippen LogP contribution in [0.1, 0.15) is 61.3 Å². The van der Waals surface area contributed by atoms with E-state index in [-0.39, 0.29) is 10.8 Å². The summed E-state index contributed by atoms with van der Waals surface area (Å²) < 4.78 is 0. The van der Waals surface area contributed by atoms with Crippen LogP contribution in [0.3, 0.4) is 0 Å². The fourth-order valence-corrected chi connectivity index (χ4v) is 1.31. The normalized spacial score (nSPS) is 15.4. The van der Waals surface area contributed by atoms with E-state index in [9.17, 15) is 4.79 Å². The molecular weight excluding hydrogens is 172 g/mol. The van der Waals surface area contributed by atoms with E-state index in [0.717, 1.165) is 6.42 Å². The standard InChI is InChI=1S/C13H26O/c1-10(13(5,6)7)8-11(14)9-12(2,3)4/h10H,8-9H2,1-7H3. The lowest BCUT2D eigenvalue weighted by Gasteiger charge is -2.27. The SMILES string of the molecule is CC(CC(=O)CC(C)(C)C)C(C)(C)C. The minimum absolute atomic E-state index is 0.134. The van der Waals surface area contributed by atoms with Crippen LogP contribution in [0.25, 0.3) is 0 Å². The Balaban J connectivity index is 4.09. The predicted octanol–water partition coefficient (Wildman–Crippen LogP) is 4.06. The fraction of sp³-hybridized carbons (Fsp3) is 0.923. The van der Waals surface area contributed by atoms with Crippen molar-refractivity contribution in [1.29, 1.82) is 0 Å². The first-order chi connectivity index (χ1) is 6.02. The molecule has 0 aromatic carbocycles. The van der Waals surface area contributed by atoms with E-state index >= 15 is 0 Å². The van der Waals surface area contributed by atoms with Gasteiger partial charge in [-0.15, -0.1) is 0 Å². The molecule has 84 valence electrons. The Morgan fingerprint density at radius 1 is 1.07 bits per heavy atom. The summed E-state index contributed by atoms with van der Waals surface area (Å²) in [7, 11) is 0. The molecular formula is C13H26O. The molecule has 0 aromatic heterocycles. The molecule has 0 spiro atoms. The molecule has 0 aliphatic heterocycles. The van der Waals surface area contributed by atoms with Gasteiger partial charge in [0.2, 0.25) is 0 Å². The molecule has 0 amide bonds. The van der Waals surface area contributed by atoms with Crippen LogP contribution in [-0.2, 0) is 4.79 Å². The van der Waals surface area contributed by atoms with Crippen LogP contribution < -0.4 is 0 Å². The first-order valence-corrected chi connectivity index (χ1v) is 5.54. The van der Waals surface area contributed by atoms with Gasteiger partial charge >= 0.3 is 0 Å². The first kappa shape index (κ1) is 13.7. The zero-order chi connectivity index (χ0) is 11.6. The summed E-state index contributed by atoms with van der Waals surface area (Å²) in [6.07, 6.45) is 1.42. The fourth-order valence-electron chi connectivity index (χ4n) is 1.31. The molecule has 1 atom stereocenters. The van der Waals surface area contributed by atoms with E-state index in [1.165, 1.54) is 0 Å². The van der Waals surface area contributed by atoms with Crippen LogP contribution in [0.2, 0.25) is 0 Å². The maximum absolute atomic E-state index is 11.7. The van der Waals surface area contributed by atoms with Gasteiger partial charge in [-0.3, -0.25) is 4.79 Å². The van der Waals surface area contributed by atoms with Crippen LogP contribution in [0.4, 0.5) is 0 Å².